The third-order valence-corrected chi connectivity index (χ3v) is 4.89. The molecule has 4 rings (SSSR count). The quantitative estimate of drug-likeness (QED) is 0.656. The van der Waals surface area contributed by atoms with Crippen LogP contribution in [0.3, 0.4) is 0 Å². The topological polar surface area (TPSA) is 41.5 Å². The molecule has 1 aromatic heterocycles. The third kappa shape index (κ3) is 4.64. The van der Waals surface area contributed by atoms with Crippen LogP contribution in [0, 0.1) is 5.82 Å². The molecule has 0 amide bonds. The van der Waals surface area contributed by atoms with E-state index < -0.39 is 0 Å². The standard InChI is InChI=1S/C22H23FN4O/c23-19-7-9-20(10-8-19)28-21(18-5-2-1-3-6-18)17-26-13-15-27(16-14-26)22-24-11-4-12-25-22/h1-12,21H,13-17H2. The number of rotatable bonds is 6. The molecule has 28 heavy (non-hydrogen) atoms. The molecule has 1 atom stereocenters. The van der Waals surface area contributed by atoms with E-state index in [1.807, 2.05) is 24.3 Å². The summed E-state index contributed by atoms with van der Waals surface area (Å²) in [4.78, 5) is 13.3. The van der Waals surface area contributed by atoms with Crippen LogP contribution in [0.25, 0.3) is 0 Å². The number of hydrogen-bond donors (Lipinski definition) is 0. The van der Waals surface area contributed by atoms with Crippen LogP contribution < -0.4 is 9.64 Å². The zero-order valence-electron chi connectivity index (χ0n) is 15.6. The van der Waals surface area contributed by atoms with Gasteiger partial charge in [0, 0.05) is 45.1 Å². The van der Waals surface area contributed by atoms with Gasteiger partial charge >= 0.3 is 0 Å². The first-order valence-corrected chi connectivity index (χ1v) is 9.49. The fraction of sp³-hybridized carbons (Fsp3) is 0.273. The monoisotopic (exact) mass is 378 g/mol. The van der Waals surface area contributed by atoms with Gasteiger partial charge in [-0.3, -0.25) is 4.90 Å². The number of anilines is 1. The Morgan fingerprint density at radius 2 is 1.54 bits per heavy atom. The first-order chi connectivity index (χ1) is 13.8. The summed E-state index contributed by atoms with van der Waals surface area (Å²) in [6.07, 6.45) is 3.43. The summed E-state index contributed by atoms with van der Waals surface area (Å²) in [5.41, 5.74) is 1.11. The van der Waals surface area contributed by atoms with Crippen LogP contribution in [0.5, 0.6) is 5.75 Å². The number of halogens is 1. The first kappa shape index (κ1) is 18.4. The van der Waals surface area contributed by atoms with Crippen molar-refractivity contribution in [3.63, 3.8) is 0 Å². The van der Waals surface area contributed by atoms with Gasteiger partial charge in [-0.05, 0) is 35.9 Å². The van der Waals surface area contributed by atoms with Gasteiger partial charge in [-0.2, -0.15) is 0 Å². The molecule has 0 aliphatic carbocycles. The van der Waals surface area contributed by atoms with E-state index in [4.69, 9.17) is 4.74 Å². The molecule has 0 radical (unpaired) electrons. The minimum absolute atomic E-state index is 0.119. The van der Waals surface area contributed by atoms with E-state index in [0.717, 1.165) is 44.2 Å². The van der Waals surface area contributed by atoms with E-state index in [-0.39, 0.29) is 11.9 Å². The van der Waals surface area contributed by atoms with Crippen molar-refractivity contribution in [1.82, 2.24) is 14.9 Å². The Morgan fingerprint density at radius 3 is 2.21 bits per heavy atom. The van der Waals surface area contributed by atoms with Gasteiger partial charge in [0.2, 0.25) is 5.95 Å². The summed E-state index contributed by atoms with van der Waals surface area (Å²) in [5, 5.41) is 0. The van der Waals surface area contributed by atoms with Gasteiger partial charge in [-0.15, -0.1) is 0 Å². The Balaban J connectivity index is 1.42. The molecule has 2 aromatic carbocycles. The minimum atomic E-state index is -0.261. The summed E-state index contributed by atoms with van der Waals surface area (Å²) in [5.74, 6) is 1.19. The molecule has 1 fully saturated rings. The highest BCUT2D eigenvalue weighted by molar-refractivity contribution is 5.29. The molecule has 1 unspecified atom stereocenters. The van der Waals surface area contributed by atoms with Gasteiger partial charge < -0.3 is 9.64 Å². The maximum absolute atomic E-state index is 13.2. The molecule has 0 N–H and O–H groups in total. The predicted molar refractivity (Wildman–Crippen MR) is 107 cm³/mol. The van der Waals surface area contributed by atoms with Gasteiger partial charge in [0.1, 0.15) is 17.7 Å². The molecule has 0 spiro atoms. The zero-order chi connectivity index (χ0) is 19.2. The van der Waals surface area contributed by atoms with Gasteiger partial charge in [0.15, 0.2) is 0 Å². The predicted octanol–water partition coefficient (Wildman–Crippen LogP) is 3.56. The number of hydrogen-bond acceptors (Lipinski definition) is 5. The van der Waals surface area contributed by atoms with Crippen LogP contribution in [0.15, 0.2) is 73.1 Å². The normalized spacial score (nSPS) is 16.0. The van der Waals surface area contributed by atoms with Crippen molar-refractivity contribution < 1.29 is 9.13 Å². The Bertz CT molecular complexity index is 853. The molecule has 1 aliphatic heterocycles. The highest BCUT2D eigenvalue weighted by atomic mass is 19.1. The first-order valence-electron chi connectivity index (χ1n) is 9.49. The fourth-order valence-electron chi connectivity index (χ4n) is 3.38. The zero-order valence-corrected chi connectivity index (χ0v) is 15.6. The molecule has 1 saturated heterocycles. The molecule has 0 bridgehead atoms. The fourth-order valence-corrected chi connectivity index (χ4v) is 3.38. The van der Waals surface area contributed by atoms with Gasteiger partial charge in [0.25, 0.3) is 0 Å². The maximum atomic E-state index is 13.2. The van der Waals surface area contributed by atoms with Crippen molar-refractivity contribution in [1.29, 1.82) is 0 Å². The lowest BCUT2D eigenvalue weighted by atomic mass is 10.1. The summed E-state index contributed by atoms with van der Waals surface area (Å²) in [6, 6.07) is 18.2. The molecule has 5 nitrogen and oxygen atoms in total. The summed E-state index contributed by atoms with van der Waals surface area (Å²) >= 11 is 0. The molecule has 3 aromatic rings. The van der Waals surface area contributed by atoms with Crippen molar-refractivity contribution in [2.75, 3.05) is 37.6 Å². The summed E-state index contributed by atoms with van der Waals surface area (Å²) in [7, 11) is 0. The van der Waals surface area contributed by atoms with Crippen molar-refractivity contribution in [2.24, 2.45) is 0 Å². The highest BCUT2D eigenvalue weighted by Gasteiger charge is 2.23. The van der Waals surface area contributed by atoms with E-state index in [1.54, 1.807) is 24.5 Å². The second-order valence-corrected chi connectivity index (χ2v) is 6.81. The smallest absolute Gasteiger partial charge is 0.225 e. The number of aromatic nitrogens is 2. The Kier molecular flexibility index (Phi) is 5.77. The van der Waals surface area contributed by atoms with Crippen molar-refractivity contribution >= 4 is 5.95 Å². The van der Waals surface area contributed by atoms with E-state index >= 15 is 0 Å². The van der Waals surface area contributed by atoms with Crippen molar-refractivity contribution in [3.05, 3.63) is 84.4 Å². The largest absolute Gasteiger partial charge is 0.484 e. The number of nitrogens with zero attached hydrogens (tertiary/aromatic N) is 4. The maximum Gasteiger partial charge on any atom is 0.225 e. The molecular formula is C22H23FN4O. The van der Waals surface area contributed by atoms with Gasteiger partial charge in [0.05, 0.1) is 0 Å². The summed E-state index contributed by atoms with van der Waals surface area (Å²) in [6.45, 7) is 4.34. The number of piperazine rings is 1. The number of benzene rings is 2. The third-order valence-electron chi connectivity index (χ3n) is 4.89. The lowest BCUT2D eigenvalue weighted by Crippen LogP contribution is -2.48. The average molecular weight is 378 g/mol. The molecule has 0 saturated carbocycles. The van der Waals surface area contributed by atoms with Crippen molar-refractivity contribution in [3.8, 4) is 5.75 Å². The molecule has 6 heteroatoms. The Hall–Kier alpha value is -2.99. The van der Waals surface area contributed by atoms with Crippen LogP contribution in [0.4, 0.5) is 10.3 Å². The number of ether oxygens (including phenoxy) is 1. The highest BCUT2D eigenvalue weighted by Crippen LogP contribution is 2.24. The van der Waals surface area contributed by atoms with Gasteiger partial charge in [-0.1, -0.05) is 30.3 Å². The second-order valence-electron chi connectivity index (χ2n) is 6.81. The van der Waals surface area contributed by atoms with Crippen LogP contribution in [-0.2, 0) is 0 Å². The SMILES string of the molecule is Fc1ccc(OC(CN2CCN(c3ncccn3)CC2)c2ccccc2)cc1. The van der Waals surface area contributed by atoms with Crippen molar-refractivity contribution in [2.45, 2.75) is 6.10 Å². The van der Waals surface area contributed by atoms with Gasteiger partial charge in [-0.25, -0.2) is 14.4 Å². The summed E-state index contributed by atoms with van der Waals surface area (Å²) < 4.78 is 19.4. The second kappa shape index (κ2) is 8.80. The minimum Gasteiger partial charge on any atom is -0.484 e. The lowest BCUT2D eigenvalue weighted by Gasteiger charge is -2.36. The average Bonchev–Trinajstić information content (AvgIpc) is 2.76. The Labute approximate surface area is 164 Å². The van der Waals surface area contributed by atoms with E-state index in [0.29, 0.717) is 5.75 Å². The van der Waals surface area contributed by atoms with Crippen LogP contribution >= 0.6 is 0 Å². The lowest BCUT2D eigenvalue weighted by molar-refractivity contribution is 0.128. The molecule has 2 heterocycles. The molecule has 1 aliphatic rings. The Morgan fingerprint density at radius 1 is 0.857 bits per heavy atom. The van der Waals surface area contributed by atoms with E-state index in [1.165, 1.54) is 12.1 Å². The molecule has 144 valence electrons. The van der Waals surface area contributed by atoms with E-state index in [9.17, 15) is 4.39 Å². The molecular weight excluding hydrogens is 355 g/mol. The van der Waals surface area contributed by atoms with E-state index in [2.05, 4.69) is 31.9 Å². The van der Waals surface area contributed by atoms with Crippen LogP contribution in [-0.4, -0.2) is 47.6 Å². The van der Waals surface area contributed by atoms with Crippen LogP contribution in [0.2, 0.25) is 0 Å². The van der Waals surface area contributed by atoms with Crippen LogP contribution in [0.1, 0.15) is 11.7 Å².